The first-order valence-corrected chi connectivity index (χ1v) is 6.47. The van der Waals surface area contributed by atoms with Gasteiger partial charge in [0.2, 0.25) is 0 Å². The lowest BCUT2D eigenvalue weighted by Crippen LogP contribution is -2.29. The molecule has 2 rings (SSSR count). The molecule has 1 saturated heterocycles. The van der Waals surface area contributed by atoms with E-state index in [1.807, 2.05) is 17.8 Å². The van der Waals surface area contributed by atoms with Crippen LogP contribution in [0.25, 0.3) is 0 Å². The van der Waals surface area contributed by atoms with Crippen molar-refractivity contribution >= 4 is 23.4 Å². The fourth-order valence-corrected chi connectivity index (χ4v) is 3.26. The summed E-state index contributed by atoms with van der Waals surface area (Å²) >= 11 is 7.49. The Morgan fingerprint density at radius 1 is 1.47 bits per heavy atom. The predicted octanol–water partition coefficient (Wildman–Crippen LogP) is 2.71. The van der Waals surface area contributed by atoms with Gasteiger partial charge in [0.25, 0.3) is 0 Å². The van der Waals surface area contributed by atoms with E-state index in [2.05, 4.69) is 0 Å². The van der Waals surface area contributed by atoms with Crippen LogP contribution in [0.4, 0.5) is 4.39 Å². The molecular formula is C11H13ClFNS. The van der Waals surface area contributed by atoms with Crippen molar-refractivity contribution in [2.24, 2.45) is 11.7 Å². The molecule has 1 aromatic rings. The van der Waals surface area contributed by atoms with Crippen LogP contribution >= 0.6 is 23.4 Å². The van der Waals surface area contributed by atoms with E-state index in [4.69, 9.17) is 17.3 Å². The average Bonchev–Trinajstić information content (AvgIpc) is 2.59. The lowest BCUT2D eigenvalue weighted by Gasteiger charge is -2.14. The molecule has 1 fully saturated rings. The van der Waals surface area contributed by atoms with Gasteiger partial charge >= 0.3 is 0 Å². The number of rotatable bonds is 2. The Balaban J connectivity index is 2.07. The summed E-state index contributed by atoms with van der Waals surface area (Å²) in [5, 5.41) is 0.184. The molecule has 0 aromatic heterocycles. The summed E-state index contributed by atoms with van der Waals surface area (Å²) in [5.41, 5.74) is 6.94. The molecule has 0 aliphatic carbocycles. The Kier molecular flexibility index (Phi) is 3.54. The third kappa shape index (κ3) is 2.65. The molecule has 0 radical (unpaired) electrons. The molecular weight excluding hydrogens is 233 g/mol. The zero-order valence-electron chi connectivity index (χ0n) is 8.25. The highest BCUT2D eigenvalue weighted by Gasteiger charge is 2.24. The summed E-state index contributed by atoms with van der Waals surface area (Å²) < 4.78 is 13.2. The molecule has 1 nitrogen and oxygen atoms in total. The van der Waals surface area contributed by atoms with Crippen LogP contribution in [0, 0.1) is 11.7 Å². The maximum atomic E-state index is 13.2. The number of benzene rings is 1. The largest absolute Gasteiger partial charge is 0.327 e. The van der Waals surface area contributed by atoms with Gasteiger partial charge in [0.05, 0.1) is 5.02 Å². The second-order valence-electron chi connectivity index (χ2n) is 3.91. The number of nitrogens with two attached hydrogens (primary N) is 1. The van der Waals surface area contributed by atoms with Gasteiger partial charge in [-0.05, 0) is 35.8 Å². The maximum Gasteiger partial charge on any atom is 0.142 e. The molecule has 82 valence electrons. The summed E-state index contributed by atoms with van der Waals surface area (Å²) in [5.74, 6) is 2.22. The van der Waals surface area contributed by atoms with Gasteiger partial charge in [-0.3, -0.25) is 0 Å². The van der Waals surface area contributed by atoms with Crippen molar-refractivity contribution in [2.75, 3.05) is 11.5 Å². The molecule has 1 aliphatic heterocycles. The van der Waals surface area contributed by atoms with Crippen molar-refractivity contribution in [3.8, 4) is 0 Å². The third-order valence-electron chi connectivity index (χ3n) is 2.73. The van der Waals surface area contributed by atoms with Gasteiger partial charge in [-0.2, -0.15) is 11.8 Å². The second-order valence-corrected chi connectivity index (χ2v) is 5.40. The predicted molar refractivity (Wildman–Crippen MR) is 63.9 cm³/mol. The Morgan fingerprint density at radius 2 is 2.27 bits per heavy atom. The molecule has 1 heterocycles. The van der Waals surface area contributed by atoms with Crippen molar-refractivity contribution in [1.82, 2.24) is 0 Å². The van der Waals surface area contributed by atoms with Gasteiger partial charge in [-0.15, -0.1) is 0 Å². The zero-order valence-corrected chi connectivity index (χ0v) is 9.82. The second kappa shape index (κ2) is 4.73. The fourth-order valence-electron chi connectivity index (χ4n) is 1.79. The standard InChI is InChI=1S/C11H13ClFNS/c12-9-2-1-7(4-10(9)13)3-8-5-15-6-11(8)14/h1-2,4,8,11H,3,5-6,14H2. The highest BCUT2D eigenvalue weighted by atomic mass is 35.5. The van der Waals surface area contributed by atoms with E-state index < -0.39 is 0 Å². The maximum absolute atomic E-state index is 13.2. The molecule has 0 saturated carbocycles. The van der Waals surface area contributed by atoms with Gasteiger partial charge in [-0.1, -0.05) is 17.7 Å². The van der Waals surface area contributed by atoms with Gasteiger partial charge in [0.1, 0.15) is 5.82 Å². The Hall–Kier alpha value is -0.250. The minimum atomic E-state index is -0.339. The smallest absolute Gasteiger partial charge is 0.142 e. The first-order chi connectivity index (χ1) is 7.16. The van der Waals surface area contributed by atoms with Crippen molar-refractivity contribution in [3.05, 3.63) is 34.6 Å². The number of hydrogen-bond donors (Lipinski definition) is 1. The molecule has 0 spiro atoms. The summed E-state index contributed by atoms with van der Waals surface area (Å²) in [6.07, 6.45) is 0.849. The minimum Gasteiger partial charge on any atom is -0.327 e. The van der Waals surface area contributed by atoms with Crippen LogP contribution in [-0.4, -0.2) is 17.5 Å². The van der Waals surface area contributed by atoms with Gasteiger partial charge in [0, 0.05) is 11.8 Å². The third-order valence-corrected chi connectivity index (χ3v) is 4.32. The summed E-state index contributed by atoms with van der Waals surface area (Å²) in [6.45, 7) is 0. The number of hydrogen-bond acceptors (Lipinski definition) is 2. The van der Waals surface area contributed by atoms with Crippen molar-refractivity contribution in [2.45, 2.75) is 12.5 Å². The SMILES string of the molecule is NC1CSCC1Cc1ccc(Cl)c(F)c1. The van der Waals surface area contributed by atoms with Crippen molar-refractivity contribution < 1.29 is 4.39 Å². The van der Waals surface area contributed by atoms with Crippen molar-refractivity contribution in [3.63, 3.8) is 0 Å². The molecule has 2 N–H and O–H groups in total. The van der Waals surface area contributed by atoms with E-state index in [1.165, 1.54) is 6.07 Å². The van der Waals surface area contributed by atoms with E-state index in [1.54, 1.807) is 6.07 Å². The normalized spacial score (nSPS) is 25.8. The van der Waals surface area contributed by atoms with Crippen LogP contribution in [0.15, 0.2) is 18.2 Å². The average molecular weight is 246 g/mol. The monoisotopic (exact) mass is 245 g/mol. The number of halogens is 2. The summed E-state index contributed by atoms with van der Waals surface area (Å²) in [6, 6.07) is 5.24. The molecule has 1 aliphatic rings. The van der Waals surface area contributed by atoms with Gasteiger partial charge in [-0.25, -0.2) is 4.39 Å². The van der Waals surface area contributed by atoms with Gasteiger partial charge in [0.15, 0.2) is 0 Å². The summed E-state index contributed by atoms with van der Waals surface area (Å²) in [7, 11) is 0. The van der Waals surface area contributed by atoms with Crippen molar-refractivity contribution in [1.29, 1.82) is 0 Å². The highest BCUT2D eigenvalue weighted by Crippen LogP contribution is 2.27. The Labute approximate surface area is 98.2 Å². The molecule has 0 amide bonds. The van der Waals surface area contributed by atoms with E-state index >= 15 is 0 Å². The van der Waals surface area contributed by atoms with Crippen LogP contribution in [0.3, 0.4) is 0 Å². The van der Waals surface area contributed by atoms with Crippen LogP contribution in [0.5, 0.6) is 0 Å². The molecule has 1 aromatic carbocycles. The molecule has 15 heavy (non-hydrogen) atoms. The van der Waals surface area contributed by atoms with E-state index in [0.29, 0.717) is 5.92 Å². The molecule has 2 atom stereocenters. The van der Waals surface area contributed by atoms with Crippen LogP contribution in [0.1, 0.15) is 5.56 Å². The Morgan fingerprint density at radius 3 is 2.87 bits per heavy atom. The van der Waals surface area contributed by atoms with E-state index in [0.717, 1.165) is 23.5 Å². The fraction of sp³-hybridized carbons (Fsp3) is 0.455. The molecule has 4 heteroatoms. The van der Waals surface area contributed by atoms with Crippen LogP contribution < -0.4 is 5.73 Å². The van der Waals surface area contributed by atoms with E-state index in [-0.39, 0.29) is 16.9 Å². The summed E-state index contributed by atoms with van der Waals surface area (Å²) in [4.78, 5) is 0. The first kappa shape index (κ1) is 11.2. The quantitative estimate of drug-likeness (QED) is 0.867. The van der Waals surface area contributed by atoms with Crippen LogP contribution in [0.2, 0.25) is 5.02 Å². The highest BCUT2D eigenvalue weighted by molar-refractivity contribution is 7.99. The lowest BCUT2D eigenvalue weighted by molar-refractivity contribution is 0.513. The van der Waals surface area contributed by atoms with E-state index in [9.17, 15) is 4.39 Å². The number of thioether (sulfide) groups is 1. The Bertz CT molecular complexity index is 358. The van der Waals surface area contributed by atoms with Crippen LogP contribution in [-0.2, 0) is 6.42 Å². The first-order valence-electron chi connectivity index (χ1n) is 4.94. The lowest BCUT2D eigenvalue weighted by atomic mass is 9.95. The molecule has 2 unspecified atom stereocenters. The van der Waals surface area contributed by atoms with Gasteiger partial charge < -0.3 is 5.73 Å². The molecule has 0 bridgehead atoms. The minimum absolute atomic E-state index is 0.184. The zero-order chi connectivity index (χ0) is 10.8. The topological polar surface area (TPSA) is 26.0 Å².